The second-order valence-electron chi connectivity index (χ2n) is 17.7. The van der Waals surface area contributed by atoms with E-state index in [0.717, 1.165) is 33.6 Å². The van der Waals surface area contributed by atoms with Crippen LogP contribution in [-0.2, 0) is 26.5 Å². The van der Waals surface area contributed by atoms with Gasteiger partial charge < -0.3 is 19.1 Å². The quantitative estimate of drug-likeness (QED) is 0.165. The van der Waals surface area contributed by atoms with Gasteiger partial charge in [-0.15, -0.1) is 41.4 Å². The van der Waals surface area contributed by atoms with Crippen LogP contribution in [0.5, 0.6) is 11.5 Å². The van der Waals surface area contributed by atoms with Crippen LogP contribution in [0.2, 0.25) is 0 Å². The van der Waals surface area contributed by atoms with Crippen molar-refractivity contribution in [1.82, 2.24) is 9.55 Å². The van der Waals surface area contributed by atoms with Gasteiger partial charge in [-0.3, -0.25) is 0 Å². The first-order valence-corrected chi connectivity index (χ1v) is 19.9. The Labute approximate surface area is 355 Å². The number of anilines is 3. The van der Waals surface area contributed by atoms with E-state index < -0.39 is 0 Å². The molecule has 0 atom stereocenters. The van der Waals surface area contributed by atoms with Gasteiger partial charge in [-0.05, 0) is 101 Å². The Morgan fingerprint density at radius 1 is 0.603 bits per heavy atom. The second-order valence-corrected chi connectivity index (χ2v) is 17.7. The van der Waals surface area contributed by atoms with Crippen molar-refractivity contribution in [2.24, 2.45) is 0 Å². The van der Waals surface area contributed by atoms with E-state index in [1.54, 1.807) is 0 Å². The Kier molecular flexibility index (Phi) is 8.34. The zero-order valence-corrected chi connectivity index (χ0v) is 35.7. The molecule has 6 aromatic carbocycles. The average molecular weight is 935 g/mol. The van der Waals surface area contributed by atoms with Gasteiger partial charge >= 0.3 is 0 Å². The Morgan fingerprint density at radius 3 is 1.88 bits per heavy atom. The standard InChI is InChI=1S/C52H43N4O.Pt/c1-51(2,3)32-24-25-53-48(26-32)56-46-28-35(57-34-15-13-14-33(27-34)54-31-55(52(4,5)6)45-21-12-11-20-44(45)54)22-23-36(46)41-29-42-43(30-47(41)56)50-39-18-9-7-16-37(39)49(42)38-17-8-10-19-40(38)50;/h7-26,29-31,49-50H,1-6H3;/q-3;. The largest absolute Gasteiger partial charge is 0.509 e. The summed E-state index contributed by atoms with van der Waals surface area (Å²) < 4.78 is 8.96. The monoisotopic (exact) mass is 934 g/mol. The minimum Gasteiger partial charge on any atom is -0.509 e. The first-order valence-electron chi connectivity index (χ1n) is 19.9. The fourth-order valence-electron chi connectivity index (χ4n) is 9.48. The second kappa shape index (κ2) is 13.2. The van der Waals surface area contributed by atoms with E-state index in [9.17, 15) is 0 Å². The number of nitrogens with zero attached hydrogens (tertiary/aromatic N) is 4. The molecule has 3 aliphatic carbocycles. The van der Waals surface area contributed by atoms with Gasteiger partial charge in [0.25, 0.3) is 0 Å². The number of pyridine rings is 1. The maximum Gasteiger partial charge on any atom is 0.135 e. The molecule has 3 heterocycles. The van der Waals surface area contributed by atoms with Gasteiger partial charge in [0.15, 0.2) is 0 Å². The summed E-state index contributed by atoms with van der Waals surface area (Å²) in [6, 6.07) is 53.4. The zero-order valence-electron chi connectivity index (χ0n) is 33.4. The summed E-state index contributed by atoms with van der Waals surface area (Å²) in [5.74, 6) is 2.48. The van der Waals surface area contributed by atoms with E-state index in [2.05, 4.69) is 184 Å². The molecule has 0 N–H and O–H groups in total. The molecule has 12 rings (SSSR count). The number of para-hydroxylation sites is 2. The van der Waals surface area contributed by atoms with E-state index in [0.29, 0.717) is 11.5 Å². The van der Waals surface area contributed by atoms with E-state index in [4.69, 9.17) is 9.72 Å². The first-order chi connectivity index (χ1) is 27.5. The van der Waals surface area contributed by atoms with Gasteiger partial charge in [0.05, 0.1) is 0 Å². The molecule has 0 saturated carbocycles. The van der Waals surface area contributed by atoms with Gasteiger partial charge in [-0.2, -0.15) is 18.8 Å². The summed E-state index contributed by atoms with van der Waals surface area (Å²) in [4.78, 5) is 9.53. The summed E-state index contributed by atoms with van der Waals surface area (Å²) in [7, 11) is 0. The molecule has 58 heavy (non-hydrogen) atoms. The predicted octanol–water partition coefficient (Wildman–Crippen LogP) is 12.7. The van der Waals surface area contributed by atoms with Crippen LogP contribution in [0.1, 0.15) is 92.3 Å². The Bertz CT molecular complexity index is 2880. The Balaban J connectivity index is 0.00000408. The van der Waals surface area contributed by atoms with Crippen LogP contribution < -0.4 is 14.5 Å². The topological polar surface area (TPSA) is 33.5 Å². The SMILES string of the molecule is CC(C)(C)c1ccnc(-n2c3[c-]c(Oc4[c-]c(N5[CH-]N(C(C)(C)C)c6ccccc65)ccc4)ccc3c3cc4c(cc32)C2c3ccccc3C4c3ccccc32)c1.[Pt]. The average Bonchev–Trinajstić information content (AvgIpc) is 3.76. The number of benzene rings is 6. The molecule has 0 amide bonds. The van der Waals surface area contributed by atoms with Crippen LogP contribution >= 0.6 is 0 Å². The third-order valence-corrected chi connectivity index (χ3v) is 12.1. The van der Waals surface area contributed by atoms with Crippen LogP contribution in [0.15, 0.2) is 134 Å². The molecule has 8 aromatic rings. The number of hydrogen-bond donors (Lipinski definition) is 0. The molecule has 6 heteroatoms. The molecule has 0 spiro atoms. The van der Waals surface area contributed by atoms with Crippen molar-refractivity contribution in [3.63, 3.8) is 0 Å². The number of aromatic nitrogens is 2. The van der Waals surface area contributed by atoms with Gasteiger partial charge in [0.2, 0.25) is 0 Å². The summed E-state index contributed by atoms with van der Waals surface area (Å²) >= 11 is 0. The predicted molar refractivity (Wildman–Crippen MR) is 231 cm³/mol. The van der Waals surface area contributed by atoms with Crippen molar-refractivity contribution in [1.29, 1.82) is 0 Å². The van der Waals surface area contributed by atoms with Gasteiger partial charge in [-0.25, -0.2) is 4.98 Å². The summed E-state index contributed by atoms with van der Waals surface area (Å²) in [6.45, 7) is 15.6. The minimum absolute atomic E-state index is 0. The number of rotatable bonds is 4. The number of hydrogen-bond acceptors (Lipinski definition) is 4. The van der Waals surface area contributed by atoms with Crippen molar-refractivity contribution < 1.29 is 25.8 Å². The molecule has 0 saturated heterocycles. The van der Waals surface area contributed by atoms with E-state index in [1.807, 2.05) is 24.4 Å². The fourth-order valence-corrected chi connectivity index (χ4v) is 9.48. The molecule has 290 valence electrons. The zero-order chi connectivity index (χ0) is 38.8. The van der Waals surface area contributed by atoms with Crippen LogP contribution in [0.4, 0.5) is 17.1 Å². The Hall–Kier alpha value is -5.64. The fraction of sp³-hybridized carbons (Fsp3) is 0.192. The van der Waals surface area contributed by atoms with Crippen molar-refractivity contribution in [3.8, 4) is 17.3 Å². The maximum absolute atomic E-state index is 6.66. The van der Waals surface area contributed by atoms with Gasteiger partial charge in [-0.1, -0.05) is 93.0 Å². The van der Waals surface area contributed by atoms with E-state index in [-0.39, 0.29) is 43.9 Å². The third-order valence-electron chi connectivity index (χ3n) is 12.1. The molecule has 5 nitrogen and oxygen atoms in total. The molecule has 4 aliphatic rings. The van der Waals surface area contributed by atoms with Crippen molar-refractivity contribution in [2.45, 2.75) is 64.3 Å². The van der Waals surface area contributed by atoms with Crippen molar-refractivity contribution >= 4 is 38.9 Å². The van der Waals surface area contributed by atoms with Crippen LogP contribution in [0.3, 0.4) is 0 Å². The van der Waals surface area contributed by atoms with Crippen molar-refractivity contribution in [2.75, 3.05) is 9.80 Å². The molecular formula is C52H43N4OPt-3. The first kappa shape index (κ1) is 36.7. The third kappa shape index (κ3) is 5.57. The van der Waals surface area contributed by atoms with Gasteiger partial charge in [0.1, 0.15) is 5.82 Å². The minimum atomic E-state index is -0.0874. The number of ether oxygens (including phenoxy) is 1. The molecule has 0 radical (unpaired) electrons. The normalized spacial score (nSPS) is 16.5. The summed E-state index contributed by atoms with van der Waals surface area (Å²) in [6.07, 6.45) is 1.94. The van der Waals surface area contributed by atoms with Gasteiger partial charge in [0, 0.05) is 73.0 Å². The Morgan fingerprint density at radius 2 is 1.22 bits per heavy atom. The summed E-state index contributed by atoms with van der Waals surface area (Å²) in [5.41, 5.74) is 14.8. The van der Waals surface area contributed by atoms with E-state index in [1.165, 1.54) is 50.0 Å². The smallest absolute Gasteiger partial charge is 0.135 e. The molecule has 0 fully saturated rings. The number of fused-ring (bicyclic) bond motifs is 4. The van der Waals surface area contributed by atoms with Crippen LogP contribution in [-0.4, -0.2) is 15.1 Å². The van der Waals surface area contributed by atoms with Crippen LogP contribution in [0.25, 0.3) is 27.6 Å². The molecule has 1 aliphatic heterocycles. The van der Waals surface area contributed by atoms with Crippen molar-refractivity contribution in [3.05, 3.63) is 191 Å². The van der Waals surface area contributed by atoms with Crippen LogP contribution in [0, 0.1) is 18.8 Å². The molecule has 2 aromatic heterocycles. The molecular weight excluding hydrogens is 892 g/mol. The summed E-state index contributed by atoms with van der Waals surface area (Å²) in [5, 5.41) is 2.31. The maximum atomic E-state index is 6.66. The van der Waals surface area contributed by atoms with E-state index >= 15 is 0 Å². The molecule has 2 bridgehead atoms. The molecule has 0 unspecified atom stereocenters.